The molecule has 3 nitrogen and oxygen atoms in total. The van der Waals surface area contributed by atoms with Gasteiger partial charge in [0.15, 0.2) is 0 Å². The summed E-state index contributed by atoms with van der Waals surface area (Å²) in [6.07, 6.45) is 2.55. The van der Waals surface area contributed by atoms with Crippen molar-refractivity contribution in [2.24, 2.45) is 5.84 Å². The van der Waals surface area contributed by atoms with Crippen molar-refractivity contribution in [3.63, 3.8) is 0 Å². The van der Waals surface area contributed by atoms with E-state index in [1.807, 2.05) is 24.3 Å². The Kier molecular flexibility index (Phi) is 4.53. The van der Waals surface area contributed by atoms with E-state index in [1.165, 1.54) is 4.88 Å². The number of aromatic nitrogens is 1. The van der Waals surface area contributed by atoms with Crippen LogP contribution >= 0.6 is 38.9 Å². The molecule has 2 aromatic heterocycles. The standard InChI is InChI=1S/C11H11BrClN3S/c12-7-1-3-9(15-6-7)10(16-14)5-8-2-4-11(13)17-8/h1-4,6,10,16H,5,14H2. The lowest BCUT2D eigenvalue weighted by molar-refractivity contribution is 0.542. The first-order valence-corrected chi connectivity index (χ1v) is 6.99. The second kappa shape index (κ2) is 5.93. The topological polar surface area (TPSA) is 50.9 Å². The maximum absolute atomic E-state index is 5.90. The van der Waals surface area contributed by atoms with Gasteiger partial charge in [-0.05, 0) is 40.2 Å². The normalized spacial score (nSPS) is 12.6. The number of hydrazine groups is 1. The third kappa shape index (κ3) is 3.50. The van der Waals surface area contributed by atoms with E-state index in [0.29, 0.717) is 0 Å². The van der Waals surface area contributed by atoms with Gasteiger partial charge in [-0.3, -0.25) is 16.3 Å². The summed E-state index contributed by atoms with van der Waals surface area (Å²) in [7, 11) is 0. The molecule has 17 heavy (non-hydrogen) atoms. The van der Waals surface area contributed by atoms with Gasteiger partial charge in [0.05, 0.1) is 16.1 Å². The highest BCUT2D eigenvalue weighted by atomic mass is 79.9. The van der Waals surface area contributed by atoms with Crippen LogP contribution in [0.15, 0.2) is 34.9 Å². The minimum atomic E-state index is -0.00202. The lowest BCUT2D eigenvalue weighted by Crippen LogP contribution is -2.30. The van der Waals surface area contributed by atoms with Gasteiger partial charge in [0, 0.05) is 22.0 Å². The second-order valence-corrected chi connectivity index (χ2v) is 6.25. The molecule has 2 heterocycles. The number of halogens is 2. The number of nitrogens with two attached hydrogens (primary N) is 1. The Morgan fingerprint density at radius 1 is 1.41 bits per heavy atom. The number of nitrogens with one attached hydrogen (secondary N) is 1. The Bertz CT molecular complexity index is 486. The molecule has 2 rings (SSSR count). The van der Waals surface area contributed by atoms with Crippen LogP contribution in [0.25, 0.3) is 0 Å². The molecular weight excluding hydrogens is 322 g/mol. The van der Waals surface area contributed by atoms with Gasteiger partial charge in [-0.15, -0.1) is 11.3 Å². The fourth-order valence-corrected chi connectivity index (χ4v) is 2.87. The Balaban J connectivity index is 2.13. The average molecular weight is 333 g/mol. The first kappa shape index (κ1) is 13.0. The van der Waals surface area contributed by atoms with Crippen molar-refractivity contribution in [1.29, 1.82) is 0 Å². The van der Waals surface area contributed by atoms with E-state index in [-0.39, 0.29) is 6.04 Å². The zero-order valence-corrected chi connectivity index (χ0v) is 12.0. The zero-order valence-electron chi connectivity index (χ0n) is 8.86. The molecule has 0 spiro atoms. The van der Waals surface area contributed by atoms with Crippen LogP contribution in [0.3, 0.4) is 0 Å². The van der Waals surface area contributed by atoms with E-state index in [9.17, 15) is 0 Å². The van der Waals surface area contributed by atoms with Gasteiger partial charge in [-0.1, -0.05) is 11.6 Å². The predicted octanol–water partition coefficient (Wildman–Crippen LogP) is 3.31. The molecule has 0 aliphatic carbocycles. The Morgan fingerprint density at radius 3 is 2.76 bits per heavy atom. The maximum Gasteiger partial charge on any atom is 0.0931 e. The third-order valence-corrected chi connectivity index (χ3v) is 4.07. The van der Waals surface area contributed by atoms with Crippen molar-refractivity contribution in [1.82, 2.24) is 10.4 Å². The first-order chi connectivity index (χ1) is 8.19. The summed E-state index contributed by atoms with van der Waals surface area (Å²) in [6.45, 7) is 0. The first-order valence-electron chi connectivity index (χ1n) is 5.01. The number of hydrogen-bond donors (Lipinski definition) is 2. The smallest absolute Gasteiger partial charge is 0.0931 e. The van der Waals surface area contributed by atoms with Gasteiger partial charge in [-0.2, -0.15) is 0 Å². The molecule has 1 atom stereocenters. The molecule has 6 heteroatoms. The highest BCUT2D eigenvalue weighted by Gasteiger charge is 2.13. The van der Waals surface area contributed by atoms with E-state index >= 15 is 0 Å². The Hall–Kier alpha value is -0.460. The molecule has 0 aliphatic rings. The van der Waals surface area contributed by atoms with Gasteiger partial charge in [-0.25, -0.2) is 0 Å². The van der Waals surface area contributed by atoms with Crippen LogP contribution in [0, 0.1) is 0 Å². The summed E-state index contributed by atoms with van der Waals surface area (Å²) < 4.78 is 1.75. The third-order valence-electron chi connectivity index (χ3n) is 2.34. The minimum absolute atomic E-state index is 0.00202. The molecule has 3 N–H and O–H groups in total. The van der Waals surface area contributed by atoms with Crippen molar-refractivity contribution in [2.75, 3.05) is 0 Å². The van der Waals surface area contributed by atoms with Crippen LogP contribution in [-0.4, -0.2) is 4.98 Å². The van der Waals surface area contributed by atoms with Crippen molar-refractivity contribution in [3.8, 4) is 0 Å². The highest BCUT2D eigenvalue weighted by Crippen LogP contribution is 2.26. The average Bonchev–Trinajstić information content (AvgIpc) is 2.73. The largest absolute Gasteiger partial charge is 0.271 e. The number of thiophene rings is 1. The number of rotatable bonds is 4. The molecule has 0 aromatic carbocycles. The van der Waals surface area contributed by atoms with E-state index in [4.69, 9.17) is 17.4 Å². The highest BCUT2D eigenvalue weighted by molar-refractivity contribution is 9.10. The molecule has 2 aromatic rings. The van der Waals surface area contributed by atoms with Crippen LogP contribution in [-0.2, 0) is 6.42 Å². The molecule has 90 valence electrons. The molecule has 0 saturated heterocycles. The van der Waals surface area contributed by atoms with E-state index in [2.05, 4.69) is 26.3 Å². The Morgan fingerprint density at radius 2 is 2.24 bits per heavy atom. The van der Waals surface area contributed by atoms with Gasteiger partial charge in [0.2, 0.25) is 0 Å². The lowest BCUT2D eigenvalue weighted by Gasteiger charge is -2.14. The summed E-state index contributed by atoms with van der Waals surface area (Å²) in [4.78, 5) is 5.52. The number of pyridine rings is 1. The van der Waals surface area contributed by atoms with Crippen LogP contribution in [0.5, 0.6) is 0 Å². The summed E-state index contributed by atoms with van der Waals surface area (Å²) >= 11 is 10.8. The van der Waals surface area contributed by atoms with Crippen LogP contribution < -0.4 is 11.3 Å². The fraction of sp³-hybridized carbons (Fsp3) is 0.182. The molecule has 0 saturated carbocycles. The molecule has 0 aliphatic heterocycles. The summed E-state index contributed by atoms with van der Waals surface area (Å²) in [5, 5.41) is 0. The molecule has 0 radical (unpaired) electrons. The monoisotopic (exact) mass is 331 g/mol. The van der Waals surface area contributed by atoms with Crippen molar-refractivity contribution in [3.05, 3.63) is 49.8 Å². The van der Waals surface area contributed by atoms with Crippen LogP contribution in [0.2, 0.25) is 4.34 Å². The zero-order chi connectivity index (χ0) is 12.3. The maximum atomic E-state index is 5.90. The number of nitrogens with zero attached hydrogens (tertiary/aromatic N) is 1. The molecule has 0 bridgehead atoms. The van der Waals surface area contributed by atoms with Gasteiger partial charge in [0.1, 0.15) is 0 Å². The molecule has 0 amide bonds. The van der Waals surface area contributed by atoms with E-state index in [1.54, 1.807) is 17.5 Å². The van der Waals surface area contributed by atoms with Gasteiger partial charge < -0.3 is 0 Å². The van der Waals surface area contributed by atoms with E-state index in [0.717, 1.165) is 20.9 Å². The van der Waals surface area contributed by atoms with Crippen LogP contribution in [0.4, 0.5) is 0 Å². The van der Waals surface area contributed by atoms with Gasteiger partial charge in [0.25, 0.3) is 0 Å². The Labute approximate surface area is 117 Å². The summed E-state index contributed by atoms with van der Waals surface area (Å²) in [5.41, 5.74) is 3.70. The SMILES string of the molecule is NNC(Cc1ccc(Cl)s1)c1ccc(Br)cn1. The van der Waals surface area contributed by atoms with Crippen molar-refractivity contribution < 1.29 is 0 Å². The van der Waals surface area contributed by atoms with Crippen molar-refractivity contribution >= 4 is 38.9 Å². The van der Waals surface area contributed by atoms with Gasteiger partial charge >= 0.3 is 0 Å². The molecule has 1 unspecified atom stereocenters. The molecule has 0 fully saturated rings. The number of hydrogen-bond acceptors (Lipinski definition) is 4. The van der Waals surface area contributed by atoms with Crippen LogP contribution in [0.1, 0.15) is 16.6 Å². The fourth-order valence-electron chi connectivity index (χ4n) is 1.50. The van der Waals surface area contributed by atoms with E-state index < -0.39 is 0 Å². The summed E-state index contributed by atoms with van der Waals surface area (Å²) in [6, 6.07) is 7.80. The second-order valence-electron chi connectivity index (χ2n) is 3.53. The summed E-state index contributed by atoms with van der Waals surface area (Å²) in [5.74, 6) is 5.57. The van der Waals surface area contributed by atoms with Crippen molar-refractivity contribution in [2.45, 2.75) is 12.5 Å². The quantitative estimate of drug-likeness (QED) is 0.667. The minimum Gasteiger partial charge on any atom is -0.271 e. The molecular formula is C11H11BrClN3S. The lowest BCUT2D eigenvalue weighted by atomic mass is 10.1. The predicted molar refractivity (Wildman–Crippen MR) is 75.0 cm³/mol.